The summed E-state index contributed by atoms with van der Waals surface area (Å²) in [6.07, 6.45) is 1.17. The normalized spacial score (nSPS) is 15.5. The largest absolute Gasteiger partial charge is 0.380 e. The van der Waals surface area contributed by atoms with Crippen molar-refractivity contribution in [2.24, 2.45) is 5.73 Å². The second-order valence-electron chi connectivity index (χ2n) is 5.07. The van der Waals surface area contributed by atoms with Gasteiger partial charge in [-0.3, -0.25) is 4.90 Å². The zero-order valence-electron chi connectivity index (χ0n) is 12.3. The van der Waals surface area contributed by atoms with Gasteiger partial charge in [-0.1, -0.05) is 6.92 Å². The molecule has 0 bridgehead atoms. The molecule has 0 aromatic carbocycles. The van der Waals surface area contributed by atoms with Crippen molar-refractivity contribution < 1.29 is 4.74 Å². The molecular formula is C13H31N3O. The number of nitrogens with two attached hydrogens (primary N) is 1. The summed E-state index contributed by atoms with van der Waals surface area (Å²) in [4.78, 5) is 4.66. The molecule has 0 rings (SSSR count). The third kappa shape index (κ3) is 6.36. The van der Waals surface area contributed by atoms with Gasteiger partial charge in [0.1, 0.15) is 0 Å². The highest BCUT2D eigenvalue weighted by Gasteiger charge is 2.29. The second-order valence-corrected chi connectivity index (χ2v) is 5.07. The molecule has 0 spiro atoms. The molecule has 0 aliphatic carbocycles. The maximum absolute atomic E-state index is 5.92. The fourth-order valence-electron chi connectivity index (χ4n) is 1.99. The monoisotopic (exact) mass is 245 g/mol. The maximum Gasteiger partial charge on any atom is 0.0659 e. The zero-order valence-corrected chi connectivity index (χ0v) is 12.3. The van der Waals surface area contributed by atoms with Crippen molar-refractivity contribution in [1.82, 2.24) is 9.80 Å². The number of nitrogens with zero attached hydrogens (tertiary/aromatic N) is 2. The van der Waals surface area contributed by atoms with Crippen molar-refractivity contribution in [3.8, 4) is 0 Å². The average molecular weight is 245 g/mol. The molecule has 0 fully saturated rings. The van der Waals surface area contributed by atoms with Crippen LogP contribution in [0.1, 0.15) is 27.2 Å². The molecule has 0 aliphatic heterocycles. The standard InChI is InChI=1S/C13H31N3O/c1-6-16(10-8-9-15(4)5)13(3,11-14)12-17-7-2/h6-12,14H2,1-5H3. The molecule has 0 saturated carbocycles. The summed E-state index contributed by atoms with van der Waals surface area (Å²) in [5.74, 6) is 0. The first-order valence-electron chi connectivity index (χ1n) is 6.67. The zero-order chi connectivity index (χ0) is 13.3. The van der Waals surface area contributed by atoms with Gasteiger partial charge in [0.25, 0.3) is 0 Å². The van der Waals surface area contributed by atoms with Crippen LogP contribution in [0.15, 0.2) is 0 Å². The summed E-state index contributed by atoms with van der Waals surface area (Å²) in [5.41, 5.74) is 5.89. The summed E-state index contributed by atoms with van der Waals surface area (Å²) >= 11 is 0. The van der Waals surface area contributed by atoms with Crippen molar-refractivity contribution in [1.29, 1.82) is 0 Å². The van der Waals surface area contributed by atoms with Gasteiger partial charge in [0.05, 0.1) is 12.1 Å². The molecule has 0 radical (unpaired) electrons. The van der Waals surface area contributed by atoms with E-state index >= 15 is 0 Å². The van der Waals surface area contributed by atoms with Crippen LogP contribution in [-0.4, -0.2) is 68.8 Å². The Kier molecular flexibility index (Phi) is 8.78. The Bertz CT molecular complexity index is 188. The summed E-state index contributed by atoms with van der Waals surface area (Å²) < 4.78 is 5.57. The van der Waals surface area contributed by atoms with Crippen LogP contribution in [0.5, 0.6) is 0 Å². The lowest BCUT2D eigenvalue weighted by atomic mass is 10.0. The molecule has 17 heavy (non-hydrogen) atoms. The Hall–Kier alpha value is -0.160. The quantitative estimate of drug-likeness (QED) is 0.624. The summed E-state index contributed by atoms with van der Waals surface area (Å²) in [6, 6.07) is 0. The summed E-state index contributed by atoms with van der Waals surface area (Å²) in [6.45, 7) is 11.7. The molecular weight excluding hydrogens is 214 g/mol. The lowest BCUT2D eigenvalue weighted by Gasteiger charge is -2.40. The fraction of sp³-hybridized carbons (Fsp3) is 1.00. The lowest BCUT2D eigenvalue weighted by Crippen LogP contribution is -2.55. The second kappa shape index (κ2) is 8.86. The van der Waals surface area contributed by atoms with Crippen molar-refractivity contribution >= 4 is 0 Å². The van der Waals surface area contributed by atoms with Gasteiger partial charge >= 0.3 is 0 Å². The number of rotatable bonds is 10. The topological polar surface area (TPSA) is 41.7 Å². The Balaban J connectivity index is 4.26. The Labute approximate surface area is 107 Å². The maximum atomic E-state index is 5.92. The molecule has 0 aromatic rings. The fourth-order valence-corrected chi connectivity index (χ4v) is 1.99. The van der Waals surface area contributed by atoms with Crippen LogP contribution in [0.2, 0.25) is 0 Å². The van der Waals surface area contributed by atoms with E-state index in [2.05, 4.69) is 37.7 Å². The minimum Gasteiger partial charge on any atom is -0.380 e. The van der Waals surface area contributed by atoms with E-state index in [9.17, 15) is 0 Å². The van der Waals surface area contributed by atoms with Gasteiger partial charge in [0, 0.05) is 19.7 Å². The summed E-state index contributed by atoms with van der Waals surface area (Å²) in [7, 11) is 4.22. The number of likely N-dealkylation sites (N-methyl/N-ethyl adjacent to an activating group) is 1. The van der Waals surface area contributed by atoms with Crippen molar-refractivity contribution in [3.63, 3.8) is 0 Å². The minimum absolute atomic E-state index is 0.0307. The van der Waals surface area contributed by atoms with E-state index < -0.39 is 0 Å². The van der Waals surface area contributed by atoms with Gasteiger partial charge in [-0.05, 0) is 47.5 Å². The van der Waals surface area contributed by atoms with Crippen molar-refractivity contribution in [3.05, 3.63) is 0 Å². The summed E-state index contributed by atoms with van der Waals surface area (Å²) in [5, 5.41) is 0. The highest BCUT2D eigenvalue weighted by atomic mass is 16.5. The number of hydrogen-bond acceptors (Lipinski definition) is 4. The van der Waals surface area contributed by atoms with Crippen LogP contribution >= 0.6 is 0 Å². The van der Waals surface area contributed by atoms with Crippen LogP contribution in [-0.2, 0) is 4.74 Å². The first kappa shape index (κ1) is 16.8. The van der Waals surface area contributed by atoms with Gasteiger partial charge in [-0.15, -0.1) is 0 Å². The molecule has 0 saturated heterocycles. The van der Waals surface area contributed by atoms with Crippen LogP contribution in [0.25, 0.3) is 0 Å². The van der Waals surface area contributed by atoms with Crippen LogP contribution in [0.4, 0.5) is 0 Å². The van der Waals surface area contributed by atoms with E-state index in [0.29, 0.717) is 6.54 Å². The molecule has 2 N–H and O–H groups in total. The molecule has 1 unspecified atom stereocenters. The van der Waals surface area contributed by atoms with Crippen LogP contribution in [0, 0.1) is 0 Å². The number of ether oxygens (including phenoxy) is 1. The molecule has 4 nitrogen and oxygen atoms in total. The molecule has 104 valence electrons. The van der Waals surface area contributed by atoms with Gasteiger partial charge in [0.2, 0.25) is 0 Å². The third-order valence-corrected chi connectivity index (χ3v) is 3.24. The Morgan fingerprint density at radius 1 is 1.18 bits per heavy atom. The van der Waals surface area contributed by atoms with Crippen molar-refractivity contribution in [2.45, 2.75) is 32.7 Å². The van der Waals surface area contributed by atoms with E-state index in [1.165, 1.54) is 6.42 Å². The molecule has 0 amide bonds. The van der Waals surface area contributed by atoms with E-state index in [0.717, 1.165) is 32.8 Å². The highest BCUT2D eigenvalue weighted by molar-refractivity contribution is 4.87. The van der Waals surface area contributed by atoms with Gasteiger partial charge in [-0.2, -0.15) is 0 Å². The van der Waals surface area contributed by atoms with Crippen molar-refractivity contribution in [2.75, 3.05) is 53.5 Å². The molecule has 0 aromatic heterocycles. The van der Waals surface area contributed by atoms with Gasteiger partial charge < -0.3 is 15.4 Å². The Morgan fingerprint density at radius 3 is 2.24 bits per heavy atom. The predicted molar refractivity (Wildman–Crippen MR) is 74.4 cm³/mol. The first-order chi connectivity index (χ1) is 8.00. The Morgan fingerprint density at radius 2 is 1.82 bits per heavy atom. The van der Waals surface area contributed by atoms with Crippen LogP contribution < -0.4 is 5.73 Å². The average Bonchev–Trinajstić information content (AvgIpc) is 2.31. The third-order valence-electron chi connectivity index (χ3n) is 3.24. The first-order valence-corrected chi connectivity index (χ1v) is 6.67. The minimum atomic E-state index is -0.0307. The van der Waals surface area contributed by atoms with E-state index in [-0.39, 0.29) is 5.54 Å². The molecule has 1 atom stereocenters. The van der Waals surface area contributed by atoms with E-state index in [1.807, 2.05) is 6.92 Å². The molecule has 0 aliphatic rings. The van der Waals surface area contributed by atoms with E-state index in [4.69, 9.17) is 10.5 Å². The van der Waals surface area contributed by atoms with E-state index in [1.54, 1.807) is 0 Å². The highest BCUT2D eigenvalue weighted by Crippen LogP contribution is 2.14. The van der Waals surface area contributed by atoms with Gasteiger partial charge in [-0.25, -0.2) is 0 Å². The van der Waals surface area contributed by atoms with Crippen LogP contribution in [0.3, 0.4) is 0 Å². The van der Waals surface area contributed by atoms with Gasteiger partial charge in [0.15, 0.2) is 0 Å². The SMILES string of the molecule is CCOCC(C)(CN)N(CC)CCCN(C)C. The number of hydrogen-bond donors (Lipinski definition) is 1. The molecule has 4 heteroatoms. The smallest absolute Gasteiger partial charge is 0.0659 e. The predicted octanol–water partition coefficient (Wildman–Crippen LogP) is 1.01. The molecule has 0 heterocycles. The lowest BCUT2D eigenvalue weighted by molar-refractivity contribution is 0.0115.